The normalized spacial score (nSPS) is 19.5. The van der Waals surface area contributed by atoms with E-state index in [9.17, 15) is 13.6 Å². The first kappa shape index (κ1) is 13.9. The molecule has 1 aromatic rings. The summed E-state index contributed by atoms with van der Waals surface area (Å²) in [5.41, 5.74) is 0.210. The van der Waals surface area contributed by atoms with Crippen LogP contribution in [-0.2, 0) is 0 Å². The molecule has 0 radical (unpaired) electrons. The molecule has 1 atom stereocenters. The molecule has 1 aliphatic heterocycles. The van der Waals surface area contributed by atoms with Gasteiger partial charge in [0.15, 0.2) is 11.6 Å². The lowest BCUT2D eigenvalue weighted by atomic mass is 10.0. The Labute approximate surface area is 111 Å². The Morgan fingerprint density at radius 1 is 1.37 bits per heavy atom. The van der Waals surface area contributed by atoms with Gasteiger partial charge in [-0.15, -0.1) is 0 Å². The Morgan fingerprint density at radius 2 is 2.16 bits per heavy atom. The summed E-state index contributed by atoms with van der Waals surface area (Å²) in [6.45, 7) is 1.39. The molecule has 1 heterocycles. The maximum absolute atomic E-state index is 13.2. The number of carbonyl (C=O) groups is 1. The number of hydrogen-bond donors (Lipinski definition) is 1. The van der Waals surface area contributed by atoms with E-state index in [1.165, 1.54) is 6.07 Å². The van der Waals surface area contributed by atoms with Crippen LogP contribution in [0, 0.1) is 11.6 Å². The lowest BCUT2D eigenvalue weighted by Crippen LogP contribution is -2.48. The number of benzene rings is 1. The van der Waals surface area contributed by atoms with Crippen molar-refractivity contribution >= 4 is 5.91 Å². The predicted octanol–water partition coefficient (Wildman–Crippen LogP) is 2.18. The molecule has 1 fully saturated rings. The Hall–Kier alpha value is -1.49. The monoisotopic (exact) mass is 268 g/mol. The molecular formula is C14H18F2N2O. The molecule has 5 heteroatoms. The molecule has 1 aliphatic rings. The summed E-state index contributed by atoms with van der Waals surface area (Å²) in [5, 5.41) is 3.07. The van der Waals surface area contributed by atoms with Gasteiger partial charge in [0.2, 0.25) is 0 Å². The SMILES string of the molecule is CNCC1CCCCN1C(=O)c1ccc(F)c(F)c1. The zero-order valence-corrected chi connectivity index (χ0v) is 11.0. The number of carbonyl (C=O) groups excluding carboxylic acids is 1. The molecule has 1 aromatic carbocycles. The average molecular weight is 268 g/mol. The van der Waals surface area contributed by atoms with E-state index < -0.39 is 11.6 Å². The first-order valence-electron chi connectivity index (χ1n) is 6.54. The summed E-state index contributed by atoms with van der Waals surface area (Å²) in [6.07, 6.45) is 2.99. The Bertz CT molecular complexity index is 463. The van der Waals surface area contributed by atoms with Crippen LogP contribution in [0.1, 0.15) is 29.6 Å². The summed E-state index contributed by atoms with van der Waals surface area (Å²) in [4.78, 5) is 14.1. The number of likely N-dealkylation sites (N-methyl/N-ethyl adjacent to an activating group) is 1. The van der Waals surface area contributed by atoms with Gasteiger partial charge in [-0.25, -0.2) is 8.78 Å². The van der Waals surface area contributed by atoms with Crippen molar-refractivity contribution in [1.82, 2.24) is 10.2 Å². The number of likely N-dealkylation sites (tertiary alicyclic amines) is 1. The fourth-order valence-corrected chi connectivity index (χ4v) is 2.51. The number of nitrogens with one attached hydrogen (secondary N) is 1. The number of hydrogen-bond acceptors (Lipinski definition) is 2. The summed E-state index contributed by atoms with van der Waals surface area (Å²) >= 11 is 0. The Kier molecular flexibility index (Phi) is 4.47. The Balaban J connectivity index is 2.18. The van der Waals surface area contributed by atoms with Gasteiger partial charge in [0, 0.05) is 24.7 Å². The van der Waals surface area contributed by atoms with Crippen molar-refractivity contribution in [3.8, 4) is 0 Å². The molecule has 3 nitrogen and oxygen atoms in total. The topological polar surface area (TPSA) is 32.3 Å². The third-order valence-electron chi connectivity index (χ3n) is 3.49. The second-order valence-corrected chi connectivity index (χ2v) is 4.83. The van der Waals surface area contributed by atoms with E-state index in [4.69, 9.17) is 0 Å². The van der Waals surface area contributed by atoms with Crippen molar-refractivity contribution in [2.75, 3.05) is 20.1 Å². The van der Waals surface area contributed by atoms with Gasteiger partial charge in [0.25, 0.3) is 5.91 Å². The average Bonchev–Trinajstić information content (AvgIpc) is 2.42. The van der Waals surface area contributed by atoms with Crippen molar-refractivity contribution in [1.29, 1.82) is 0 Å². The quantitative estimate of drug-likeness (QED) is 0.911. The minimum atomic E-state index is -0.979. The molecule has 1 N–H and O–H groups in total. The molecular weight excluding hydrogens is 250 g/mol. The molecule has 19 heavy (non-hydrogen) atoms. The maximum atomic E-state index is 13.2. The number of piperidine rings is 1. The highest BCUT2D eigenvalue weighted by Gasteiger charge is 2.27. The van der Waals surface area contributed by atoms with E-state index in [1.54, 1.807) is 4.90 Å². The fraction of sp³-hybridized carbons (Fsp3) is 0.500. The standard InChI is InChI=1S/C14H18F2N2O/c1-17-9-11-4-2-3-7-18(11)14(19)10-5-6-12(15)13(16)8-10/h5-6,8,11,17H,2-4,7,9H2,1H3. The van der Waals surface area contributed by atoms with Gasteiger partial charge in [-0.3, -0.25) is 4.79 Å². The van der Waals surface area contributed by atoms with Gasteiger partial charge in [0.1, 0.15) is 0 Å². The number of nitrogens with zero attached hydrogens (tertiary/aromatic N) is 1. The van der Waals surface area contributed by atoms with Gasteiger partial charge >= 0.3 is 0 Å². The van der Waals surface area contributed by atoms with Crippen molar-refractivity contribution in [3.05, 3.63) is 35.4 Å². The third-order valence-corrected chi connectivity index (χ3v) is 3.49. The molecule has 104 valence electrons. The van der Waals surface area contributed by atoms with Crippen molar-refractivity contribution < 1.29 is 13.6 Å². The van der Waals surface area contributed by atoms with E-state index in [0.29, 0.717) is 6.54 Å². The fourth-order valence-electron chi connectivity index (χ4n) is 2.51. The zero-order chi connectivity index (χ0) is 13.8. The molecule has 2 rings (SSSR count). The van der Waals surface area contributed by atoms with Crippen LogP contribution in [0.15, 0.2) is 18.2 Å². The first-order valence-corrected chi connectivity index (χ1v) is 6.54. The van der Waals surface area contributed by atoms with E-state index >= 15 is 0 Å². The van der Waals surface area contributed by atoms with Gasteiger partial charge in [-0.2, -0.15) is 0 Å². The van der Waals surface area contributed by atoms with Crippen LogP contribution >= 0.6 is 0 Å². The first-order chi connectivity index (χ1) is 9.13. The van der Waals surface area contributed by atoms with Crippen LogP contribution in [0.25, 0.3) is 0 Å². The van der Waals surface area contributed by atoms with E-state index in [-0.39, 0.29) is 17.5 Å². The molecule has 1 amide bonds. The molecule has 0 bridgehead atoms. The summed E-state index contributed by atoms with van der Waals surface area (Å²) in [5.74, 6) is -2.13. The summed E-state index contributed by atoms with van der Waals surface area (Å²) in [6, 6.07) is 3.44. The van der Waals surface area contributed by atoms with Crippen LogP contribution in [0.2, 0.25) is 0 Å². The number of halogens is 2. The van der Waals surface area contributed by atoms with Crippen LogP contribution in [0.4, 0.5) is 8.78 Å². The van der Waals surface area contributed by atoms with Gasteiger partial charge in [-0.05, 0) is 44.5 Å². The van der Waals surface area contributed by atoms with E-state index in [0.717, 1.165) is 37.9 Å². The second kappa shape index (κ2) is 6.10. The largest absolute Gasteiger partial charge is 0.334 e. The molecule has 0 spiro atoms. The van der Waals surface area contributed by atoms with Crippen molar-refractivity contribution in [2.45, 2.75) is 25.3 Å². The molecule has 1 saturated heterocycles. The van der Waals surface area contributed by atoms with E-state index in [1.807, 2.05) is 7.05 Å². The minimum Gasteiger partial charge on any atom is -0.334 e. The lowest BCUT2D eigenvalue weighted by Gasteiger charge is -2.35. The molecule has 0 saturated carbocycles. The second-order valence-electron chi connectivity index (χ2n) is 4.83. The van der Waals surface area contributed by atoms with E-state index in [2.05, 4.69) is 5.32 Å². The maximum Gasteiger partial charge on any atom is 0.254 e. The van der Waals surface area contributed by atoms with Gasteiger partial charge < -0.3 is 10.2 Å². The van der Waals surface area contributed by atoms with Crippen LogP contribution in [-0.4, -0.2) is 37.0 Å². The molecule has 0 aromatic heterocycles. The van der Waals surface area contributed by atoms with Crippen LogP contribution in [0.5, 0.6) is 0 Å². The minimum absolute atomic E-state index is 0.124. The highest BCUT2D eigenvalue weighted by atomic mass is 19.2. The predicted molar refractivity (Wildman–Crippen MR) is 69.0 cm³/mol. The summed E-state index contributed by atoms with van der Waals surface area (Å²) < 4.78 is 26.1. The zero-order valence-electron chi connectivity index (χ0n) is 11.0. The number of rotatable bonds is 3. The highest BCUT2D eigenvalue weighted by molar-refractivity contribution is 5.94. The third kappa shape index (κ3) is 3.10. The van der Waals surface area contributed by atoms with Crippen LogP contribution in [0.3, 0.4) is 0 Å². The van der Waals surface area contributed by atoms with Crippen LogP contribution < -0.4 is 5.32 Å². The van der Waals surface area contributed by atoms with Crippen molar-refractivity contribution in [3.63, 3.8) is 0 Å². The van der Waals surface area contributed by atoms with Gasteiger partial charge in [0.05, 0.1) is 0 Å². The summed E-state index contributed by atoms with van der Waals surface area (Å²) in [7, 11) is 1.84. The van der Waals surface area contributed by atoms with Gasteiger partial charge in [-0.1, -0.05) is 0 Å². The molecule has 0 aliphatic carbocycles. The smallest absolute Gasteiger partial charge is 0.254 e. The lowest BCUT2D eigenvalue weighted by molar-refractivity contribution is 0.0614. The number of amides is 1. The molecule has 1 unspecified atom stereocenters. The van der Waals surface area contributed by atoms with Crippen molar-refractivity contribution in [2.24, 2.45) is 0 Å². The Morgan fingerprint density at radius 3 is 2.84 bits per heavy atom. The highest BCUT2D eigenvalue weighted by Crippen LogP contribution is 2.20.